The molecule has 0 aliphatic rings. The summed E-state index contributed by atoms with van der Waals surface area (Å²) in [6.45, 7) is 0.725. The second-order valence-corrected chi connectivity index (χ2v) is 1.65. The quantitative estimate of drug-likeness (QED) is 0.297. The number of nitrogens with two attached hydrogens (primary N) is 2. The topological polar surface area (TPSA) is 139 Å². The van der Waals surface area contributed by atoms with E-state index in [1.165, 1.54) is 0 Å². The van der Waals surface area contributed by atoms with Gasteiger partial charge in [0.2, 0.25) is 0 Å². The number of hydrogen-bond acceptors (Lipinski definition) is 3. The lowest BCUT2D eigenvalue weighted by molar-refractivity contribution is -0.135. The third kappa shape index (κ3) is 41.4. The summed E-state index contributed by atoms with van der Waals surface area (Å²) >= 11 is 0. The molecule has 0 spiro atoms. The molecule has 0 atom stereocenters. The minimum absolute atomic E-state index is 0.201. The molecule has 0 bridgehead atoms. The van der Waals surface area contributed by atoms with Gasteiger partial charge in [-0.25, -0.2) is 4.99 Å². The first-order valence-electron chi connectivity index (χ1n) is 2.83. The summed E-state index contributed by atoms with van der Waals surface area (Å²) in [6.07, 6.45) is 0. The first kappa shape index (κ1) is 12.8. The van der Waals surface area contributed by atoms with Crippen molar-refractivity contribution in [3.05, 3.63) is 0 Å². The first-order chi connectivity index (χ1) is 5.36. The van der Waals surface area contributed by atoms with Crippen LogP contribution in [0.15, 0.2) is 4.99 Å². The molecule has 7 heteroatoms. The lowest BCUT2D eigenvalue weighted by Crippen LogP contribution is -2.24. The Kier molecular flexibility index (Phi) is 7.84. The molecule has 0 radical (unpaired) electrons. The molecule has 7 nitrogen and oxygen atoms in total. The monoisotopic (exact) mass is 177 g/mol. The maximum absolute atomic E-state index is 9.69. The number of carbonyl (C=O) groups is 2. The minimum Gasteiger partial charge on any atom is -0.481 e. The number of guanidine groups is 1. The van der Waals surface area contributed by atoms with Crippen molar-refractivity contribution in [1.82, 2.24) is 0 Å². The fraction of sp³-hybridized carbons (Fsp3) is 0.400. The van der Waals surface area contributed by atoms with Crippen LogP contribution in [0.3, 0.4) is 0 Å². The molecule has 0 rings (SSSR count). The number of aliphatic carboxylic acids is 2. The van der Waals surface area contributed by atoms with Crippen LogP contribution in [0.4, 0.5) is 0 Å². The summed E-state index contributed by atoms with van der Waals surface area (Å²) in [7, 11) is 0. The second kappa shape index (κ2) is 7.32. The third-order valence-corrected chi connectivity index (χ3v) is 0.397. The fourth-order valence-corrected chi connectivity index (χ4v) is 0.159. The van der Waals surface area contributed by atoms with Crippen LogP contribution in [0, 0.1) is 0 Å². The average molecular weight is 177 g/mol. The van der Waals surface area contributed by atoms with E-state index in [0.29, 0.717) is 0 Å². The summed E-state index contributed by atoms with van der Waals surface area (Å²) in [6, 6.07) is 0. The largest absolute Gasteiger partial charge is 0.481 e. The highest BCUT2D eigenvalue weighted by Gasteiger charge is 1.90. The molecule has 0 heterocycles. The minimum atomic E-state index is -1.04. The van der Waals surface area contributed by atoms with E-state index in [-0.39, 0.29) is 12.5 Å². The van der Waals surface area contributed by atoms with E-state index >= 15 is 0 Å². The number of carboxylic acid groups (broad SMARTS) is 2. The summed E-state index contributed by atoms with van der Waals surface area (Å²) in [5.74, 6) is -2.08. The molecule has 0 aromatic heterocycles. The van der Waals surface area contributed by atoms with Crippen LogP contribution in [0.1, 0.15) is 6.92 Å². The molecular weight excluding hydrogens is 166 g/mol. The number of carboxylic acids is 2. The van der Waals surface area contributed by atoms with Crippen LogP contribution >= 0.6 is 0 Å². The maximum atomic E-state index is 9.69. The molecule has 0 saturated heterocycles. The zero-order chi connectivity index (χ0) is 10.1. The SMILES string of the molecule is CC(=O)O.NC(N)=NCC(=O)O. The van der Waals surface area contributed by atoms with Crippen LogP contribution in [0.2, 0.25) is 0 Å². The standard InChI is InChI=1S/C3H7N3O2.C2H4O2/c4-3(5)6-1-2(7)8;1-2(3)4/h1H2,(H,7,8)(H4,4,5,6);1H3,(H,3,4). The fourth-order valence-electron chi connectivity index (χ4n) is 0.159. The predicted octanol–water partition coefficient (Wildman–Crippen LogP) is -1.56. The molecule has 12 heavy (non-hydrogen) atoms. The van der Waals surface area contributed by atoms with Crippen LogP contribution in [0.5, 0.6) is 0 Å². The highest BCUT2D eigenvalue weighted by molar-refractivity contribution is 5.79. The zero-order valence-electron chi connectivity index (χ0n) is 6.52. The smallest absolute Gasteiger partial charge is 0.325 e. The van der Waals surface area contributed by atoms with Crippen molar-refractivity contribution in [3.8, 4) is 0 Å². The summed E-state index contributed by atoms with van der Waals surface area (Å²) in [5.41, 5.74) is 9.61. The number of rotatable bonds is 2. The van der Waals surface area contributed by atoms with E-state index in [2.05, 4.69) is 4.99 Å². The van der Waals surface area contributed by atoms with Crippen molar-refractivity contribution in [2.75, 3.05) is 6.54 Å². The van der Waals surface area contributed by atoms with Gasteiger partial charge in [0.15, 0.2) is 5.96 Å². The Balaban J connectivity index is 0. The summed E-state index contributed by atoms with van der Waals surface area (Å²) < 4.78 is 0. The van der Waals surface area contributed by atoms with Crippen LogP contribution in [0.25, 0.3) is 0 Å². The highest BCUT2D eigenvalue weighted by atomic mass is 16.4. The van der Waals surface area contributed by atoms with Gasteiger partial charge < -0.3 is 21.7 Å². The van der Waals surface area contributed by atoms with Gasteiger partial charge in [0.1, 0.15) is 6.54 Å². The van der Waals surface area contributed by atoms with E-state index < -0.39 is 11.9 Å². The van der Waals surface area contributed by atoms with Crippen molar-refractivity contribution in [2.45, 2.75) is 6.92 Å². The normalized spacial score (nSPS) is 7.42. The van der Waals surface area contributed by atoms with Crippen LogP contribution < -0.4 is 11.5 Å². The number of aliphatic imine (C=N–C) groups is 1. The van der Waals surface area contributed by atoms with Gasteiger partial charge in [-0.1, -0.05) is 0 Å². The van der Waals surface area contributed by atoms with Gasteiger partial charge >= 0.3 is 5.97 Å². The summed E-state index contributed by atoms with van der Waals surface area (Å²) in [5, 5.41) is 15.4. The third-order valence-electron chi connectivity index (χ3n) is 0.397. The van der Waals surface area contributed by atoms with Gasteiger partial charge in [-0.15, -0.1) is 0 Å². The van der Waals surface area contributed by atoms with E-state index in [0.717, 1.165) is 6.92 Å². The second-order valence-electron chi connectivity index (χ2n) is 1.65. The molecule has 0 aliphatic heterocycles. The zero-order valence-corrected chi connectivity index (χ0v) is 6.52. The molecule has 0 unspecified atom stereocenters. The van der Waals surface area contributed by atoms with Crippen molar-refractivity contribution < 1.29 is 19.8 Å². The van der Waals surface area contributed by atoms with Gasteiger partial charge in [-0.2, -0.15) is 0 Å². The van der Waals surface area contributed by atoms with Crippen molar-refractivity contribution >= 4 is 17.9 Å². The first-order valence-corrected chi connectivity index (χ1v) is 2.83. The Hall–Kier alpha value is -1.79. The van der Waals surface area contributed by atoms with E-state index in [1.807, 2.05) is 0 Å². The molecule has 0 saturated carbocycles. The maximum Gasteiger partial charge on any atom is 0.325 e. The van der Waals surface area contributed by atoms with E-state index in [1.54, 1.807) is 0 Å². The molecule has 0 amide bonds. The Bertz CT molecular complexity index is 181. The highest BCUT2D eigenvalue weighted by Crippen LogP contribution is 1.65. The van der Waals surface area contributed by atoms with Crippen molar-refractivity contribution in [3.63, 3.8) is 0 Å². The molecule has 0 aliphatic carbocycles. The molecule has 6 N–H and O–H groups in total. The van der Waals surface area contributed by atoms with E-state index in [4.69, 9.17) is 26.5 Å². The Labute approximate surface area is 68.7 Å². The van der Waals surface area contributed by atoms with E-state index in [9.17, 15) is 4.79 Å². The van der Waals surface area contributed by atoms with Gasteiger partial charge in [-0.05, 0) is 0 Å². The van der Waals surface area contributed by atoms with Gasteiger partial charge in [0, 0.05) is 6.92 Å². The van der Waals surface area contributed by atoms with Gasteiger partial charge in [-0.3, -0.25) is 9.59 Å². The number of nitrogens with zero attached hydrogens (tertiary/aromatic N) is 1. The van der Waals surface area contributed by atoms with Crippen LogP contribution in [-0.4, -0.2) is 34.7 Å². The van der Waals surface area contributed by atoms with Gasteiger partial charge in [0.05, 0.1) is 0 Å². The molecule has 70 valence electrons. The van der Waals surface area contributed by atoms with Gasteiger partial charge in [0.25, 0.3) is 5.97 Å². The van der Waals surface area contributed by atoms with Crippen molar-refractivity contribution in [2.24, 2.45) is 16.5 Å². The Morgan fingerprint density at radius 1 is 1.33 bits per heavy atom. The molecular formula is C5H11N3O4. The Morgan fingerprint density at radius 2 is 1.67 bits per heavy atom. The predicted molar refractivity (Wildman–Crippen MR) is 41.6 cm³/mol. The van der Waals surface area contributed by atoms with Crippen molar-refractivity contribution in [1.29, 1.82) is 0 Å². The molecule has 0 aromatic rings. The van der Waals surface area contributed by atoms with Crippen LogP contribution in [-0.2, 0) is 9.59 Å². The average Bonchev–Trinajstić information content (AvgIpc) is 1.82. The lowest BCUT2D eigenvalue weighted by atomic mass is 10.7. The Morgan fingerprint density at radius 3 is 1.75 bits per heavy atom. The molecule has 0 fully saturated rings. The molecule has 0 aromatic carbocycles. The summed E-state index contributed by atoms with van der Waals surface area (Å²) in [4.78, 5) is 21.9. The number of hydrogen-bond donors (Lipinski definition) is 4. The lowest BCUT2D eigenvalue weighted by Gasteiger charge is -1.85.